The summed E-state index contributed by atoms with van der Waals surface area (Å²) in [6.07, 6.45) is 4.61. The molecule has 0 saturated heterocycles. The first-order chi connectivity index (χ1) is 9.10. The summed E-state index contributed by atoms with van der Waals surface area (Å²) in [4.78, 5) is 12.1. The second-order valence-corrected chi connectivity index (χ2v) is 5.21. The lowest BCUT2D eigenvalue weighted by Crippen LogP contribution is -2.29. The number of anilines is 1. The van der Waals surface area contributed by atoms with E-state index in [0.717, 1.165) is 12.8 Å². The van der Waals surface area contributed by atoms with Crippen LogP contribution in [0.15, 0.2) is 18.2 Å². The van der Waals surface area contributed by atoms with E-state index in [9.17, 15) is 4.79 Å². The predicted molar refractivity (Wildman–Crippen MR) is 81.5 cm³/mol. The molecule has 4 heteroatoms. The van der Waals surface area contributed by atoms with Gasteiger partial charge in [0.05, 0.1) is 16.3 Å². The molecule has 0 saturated carbocycles. The van der Waals surface area contributed by atoms with Gasteiger partial charge in [0.2, 0.25) is 0 Å². The molecule has 0 aliphatic rings. The van der Waals surface area contributed by atoms with Crippen molar-refractivity contribution in [1.29, 1.82) is 0 Å². The highest BCUT2D eigenvalue weighted by atomic mass is 35.5. The van der Waals surface area contributed by atoms with E-state index in [2.05, 4.69) is 19.2 Å². The maximum atomic E-state index is 12.1. The van der Waals surface area contributed by atoms with Crippen molar-refractivity contribution < 1.29 is 4.79 Å². The van der Waals surface area contributed by atoms with Crippen molar-refractivity contribution in [2.24, 2.45) is 5.92 Å². The van der Waals surface area contributed by atoms with Crippen LogP contribution in [0.3, 0.4) is 0 Å². The molecule has 0 spiro atoms. The number of nitrogen functional groups attached to an aromatic ring is 1. The lowest BCUT2D eigenvalue weighted by Gasteiger charge is -2.15. The molecule has 0 aliphatic carbocycles. The largest absolute Gasteiger partial charge is 0.398 e. The van der Waals surface area contributed by atoms with E-state index >= 15 is 0 Å². The van der Waals surface area contributed by atoms with Crippen molar-refractivity contribution in [2.75, 3.05) is 12.3 Å². The number of hydrogen-bond acceptors (Lipinski definition) is 2. The normalized spacial score (nSPS) is 12.2. The maximum Gasteiger partial charge on any atom is 0.252 e. The molecule has 0 heterocycles. The summed E-state index contributed by atoms with van der Waals surface area (Å²) < 4.78 is 0. The molecule has 0 aromatic heterocycles. The van der Waals surface area contributed by atoms with Crippen LogP contribution in [0.2, 0.25) is 5.02 Å². The maximum absolute atomic E-state index is 12.1. The van der Waals surface area contributed by atoms with E-state index in [1.165, 1.54) is 12.8 Å². The Kier molecular flexibility index (Phi) is 6.71. The summed E-state index contributed by atoms with van der Waals surface area (Å²) in [6, 6.07) is 5.13. The van der Waals surface area contributed by atoms with Gasteiger partial charge in [0, 0.05) is 6.54 Å². The SMILES string of the molecule is CCCCC(CC)CNC(=O)c1cccc(N)c1Cl. The van der Waals surface area contributed by atoms with Crippen LogP contribution in [-0.2, 0) is 0 Å². The Balaban J connectivity index is 2.57. The van der Waals surface area contributed by atoms with Crippen molar-refractivity contribution in [3.63, 3.8) is 0 Å². The van der Waals surface area contributed by atoms with Crippen LogP contribution in [0.4, 0.5) is 5.69 Å². The van der Waals surface area contributed by atoms with E-state index in [1.54, 1.807) is 18.2 Å². The molecule has 1 aromatic rings. The van der Waals surface area contributed by atoms with Crippen molar-refractivity contribution in [1.82, 2.24) is 5.32 Å². The molecule has 106 valence electrons. The second-order valence-electron chi connectivity index (χ2n) is 4.84. The summed E-state index contributed by atoms with van der Waals surface area (Å²) in [6.45, 7) is 5.03. The van der Waals surface area contributed by atoms with Crippen LogP contribution in [0.1, 0.15) is 49.9 Å². The molecule has 3 N–H and O–H groups in total. The molecule has 0 fully saturated rings. The molecule has 19 heavy (non-hydrogen) atoms. The van der Waals surface area contributed by atoms with Crippen molar-refractivity contribution in [3.05, 3.63) is 28.8 Å². The number of nitrogens with one attached hydrogen (secondary N) is 1. The molecular weight excluding hydrogens is 260 g/mol. The van der Waals surface area contributed by atoms with Gasteiger partial charge in [-0.05, 0) is 24.5 Å². The molecule has 3 nitrogen and oxygen atoms in total. The molecule has 1 amide bonds. The molecule has 1 rings (SSSR count). The fourth-order valence-corrected chi connectivity index (χ4v) is 2.21. The lowest BCUT2D eigenvalue weighted by molar-refractivity contribution is 0.0946. The molecule has 1 aromatic carbocycles. The molecule has 1 unspecified atom stereocenters. The third kappa shape index (κ3) is 4.75. The number of halogens is 1. The number of hydrogen-bond donors (Lipinski definition) is 2. The van der Waals surface area contributed by atoms with Gasteiger partial charge in [-0.3, -0.25) is 4.79 Å². The Hall–Kier alpha value is -1.22. The first-order valence-corrected chi connectivity index (χ1v) is 7.30. The number of rotatable bonds is 7. The van der Waals surface area contributed by atoms with Gasteiger partial charge >= 0.3 is 0 Å². The third-order valence-electron chi connectivity index (χ3n) is 3.37. The predicted octanol–water partition coefficient (Wildman–Crippen LogP) is 3.87. The van der Waals surface area contributed by atoms with Crippen LogP contribution < -0.4 is 11.1 Å². The van der Waals surface area contributed by atoms with Crippen molar-refractivity contribution in [2.45, 2.75) is 39.5 Å². The Labute approximate surface area is 120 Å². The highest BCUT2D eigenvalue weighted by Crippen LogP contribution is 2.23. The number of unbranched alkanes of at least 4 members (excludes halogenated alkanes) is 1. The van der Waals surface area contributed by atoms with Gasteiger partial charge < -0.3 is 11.1 Å². The van der Waals surface area contributed by atoms with Gasteiger partial charge in [0.1, 0.15) is 0 Å². The fourth-order valence-electron chi connectivity index (χ4n) is 2.00. The monoisotopic (exact) mass is 282 g/mol. The Morgan fingerprint density at radius 3 is 2.79 bits per heavy atom. The number of carbonyl (C=O) groups is 1. The standard InChI is InChI=1S/C15H23ClN2O/c1-3-5-7-11(4-2)10-18-15(19)12-8-6-9-13(17)14(12)16/h6,8-9,11H,3-5,7,10,17H2,1-2H3,(H,18,19). The zero-order valence-corrected chi connectivity index (χ0v) is 12.5. The number of nitrogens with two attached hydrogens (primary N) is 1. The van der Waals surface area contributed by atoms with E-state index in [4.69, 9.17) is 17.3 Å². The summed E-state index contributed by atoms with van der Waals surface area (Å²) in [5.74, 6) is 0.385. The minimum atomic E-state index is -0.146. The summed E-state index contributed by atoms with van der Waals surface area (Å²) >= 11 is 6.04. The first-order valence-electron chi connectivity index (χ1n) is 6.92. The highest BCUT2D eigenvalue weighted by molar-refractivity contribution is 6.36. The first kappa shape index (κ1) is 15.8. The van der Waals surface area contributed by atoms with Crippen LogP contribution in [0.25, 0.3) is 0 Å². The molecule has 0 bridgehead atoms. The number of benzene rings is 1. The number of amides is 1. The summed E-state index contributed by atoms with van der Waals surface area (Å²) in [5.41, 5.74) is 6.58. The smallest absolute Gasteiger partial charge is 0.252 e. The fraction of sp³-hybridized carbons (Fsp3) is 0.533. The third-order valence-corrected chi connectivity index (χ3v) is 3.79. The Bertz CT molecular complexity index is 421. The highest BCUT2D eigenvalue weighted by Gasteiger charge is 2.13. The van der Waals surface area contributed by atoms with Crippen LogP contribution in [0.5, 0.6) is 0 Å². The van der Waals surface area contributed by atoms with Crippen LogP contribution in [-0.4, -0.2) is 12.5 Å². The summed E-state index contributed by atoms with van der Waals surface area (Å²) in [5, 5.41) is 3.28. The minimum absolute atomic E-state index is 0.146. The molecule has 0 aliphatic heterocycles. The quantitative estimate of drug-likeness (QED) is 0.746. The topological polar surface area (TPSA) is 55.1 Å². The van der Waals surface area contributed by atoms with Gasteiger partial charge in [0.15, 0.2) is 0 Å². The van der Waals surface area contributed by atoms with E-state index < -0.39 is 0 Å². The van der Waals surface area contributed by atoms with Gasteiger partial charge in [-0.15, -0.1) is 0 Å². The zero-order valence-electron chi connectivity index (χ0n) is 11.7. The second kappa shape index (κ2) is 8.05. The Morgan fingerprint density at radius 2 is 2.16 bits per heavy atom. The molecular formula is C15H23ClN2O. The lowest BCUT2D eigenvalue weighted by atomic mass is 9.99. The average molecular weight is 283 g/mol. The molecule has 0 radical (unpaired) electrons. The zero-order chi connectivity index (χ0) is 14.3. The number of carbonyl (C=O) groups excluding carboxylic acids is 1. The van der Waals surface area contributed by atoms with E-state index in [1.807, 2.05) is 0 Å². The van der Waals surface area contributed by atoms with Crippen LogP contribution >= 0.6 is 11.6 Å². The molecule has 1 atom stereocenters. The summed E-state index contributed by atoms with van der Waals surface area (Å²) in [7, 11) is 0. The minimum Gasteiger partial charge on any atom is -0.398 e. The van der Waals surface area contributed by atoms with Crippen LogP contribution in [0, 0.1) is 5.92 Å². The van der Waals surface area contributed by atoms with Gasteiger partial charge in [0.25, 0.3) is 5.91 Å². The average Bonchev–Trinajstić information content (AvgIpc) is 2.42. The van der Waals surface area contributed by atoms with Gasteiger partial charge in [-0.1, -0.05) is 50.8 Å². The van der Waals surface area contributed by atoms with Gasteiger partial charge in [-0.25, -0.2) is 0 Å². The van der Waals surface area contributed by atoms with Gasteiger partial charge in [-0.2, -0.15) is 0 Å². The van der Waals surface area contributed by atoms with Crippen molar-refractivity contribution in [3.8, 4) is 0 Å². The van der Waals surface area contributed by atoms with Crippen molar-refractivity contribution >= 4 is 23.2 Å². The van der Waals surface area contributed by atoms with E-state index in [-0.39, 0.29) is 5.91 Å². The Morgan fingerprint density at radius 1 is 1.42 bits per heavy atom. The van der Waals surface area contributed by atoms with E-state index in [0.29, 0.717) is 28.7 Å².